The first-order chi connectivity index (χ1) is 13.7. The molecule has 1 aromatic carbocycles. The molecular weight excluding hydrogens is 350 g/mol. The van der Waals surface area contributed by atoms with Gasteiger partial charge in [-0.25, -0.2) is 0 Å². The van der Waals surface area contributed by atoms with Crippen molar-refractivity contribution in [2.45, 2.75) is 38.8 Å². The summed E-state index contributed by atoms with van der Waals surface area (Å²) in [6.45, 7) is 10.2. The van der Waals surface area contributed by atoms with Crippen LogP contribution < -0.4 is 10.6 Å². The summed E-state index contributed by atoms with van der Waals surface area (Å²) in [6, 6.07) is 11.2. The summed E-state index contributed by atoms with van der Waals surface area (Å²) < 4.78 is 5.39. The van der Waals surface area contributed by atoms with E-state index in [1.807, 2.05) is 7.05 Å². The van der Waals surface area contributed by atoms with Gasteiger partial charge in [0.2, 0.25) is 0 Å². The van der Waals surface area contributed by atoms with Crippen LogP contribution >= 0.6 is 0 Å². The normalized spacial score (nSPS) is 16.9. The van der Waals surface area contributed by atoms with Gasteiger partial charge in [0.1, 0.15) is 0 Å². The van der Waals surface area contributed by atoms with Crippen LogP contribution in [0.3, 0.4) is 0 Å². The van der Waals surface area contributed by atoms with Crippen LogP contribution in [-0.4, -0.2) is 81.8 Å². The van der Waals surface area contributed by atoms with Gasteiger partial charge in [-0.3, -0.25) is 14.8 Å². The number of morpholine rings is 1. The number of guanidine groups is 1. The summed E-state index contributed by atoms with van der Waals surface area (Å²) in [6.07, 6.45) is 3.46. The van der Waals surface area contributed by atoms with E-state index >= 15 is 0 Å². The van der Waals surface area contributed by atoms with Crippen LogP contribution in [0.15, 0.2) is 35.3 Å². The lowest BCUT2D eigenvalue weighted by molar-refractivity contribution is 0.0372. The van der Waals surface area contributed by atoms with Crippen LogP contribution in [0.25, 0.3) is 0 Å². The van der Waals surface area contributed by atoms with E-state index in [0.717, 1.165) is 64.7 Å². The highest BCUT2D eigenvalue weighted by atomic mass is 16.5. The molecule has 0 amide bonds. The van der Waals surface area contributed by atoms with Crippen LogP contribution in [0.2, 0.25) is 0 Å². The van der Waals surface area contributed by atoms with Crippen LogP contribution in [0.4, 0.5) is 0 Å². The molecule has 0 saturated carbocycles. The molecule has 1 heterocycles. The molecule has 1 aliphatic heterocycles. The summed E-state index contributed by atoms with van der Waals surface area (Å²) in [7, 11) is 4.03. The highest BCUT2D eigenvalue weighted by molar-refractivity contribution is 5.79. The van der Waals surface area contributed by atoms with E-state index in [0.29, 0.717) is 6.04 Å². The van der Waals surface area contributed by atoms with Gasteiger partial charge in [0.15, 0.2) is 5.96 Å². The summed E-state index contributed by atoms with van der Waals surface area (Å²) in [5.41, 5.74) is 1.36. The number of hydrogen-bond acceptors (Lipinski definition) is 4. The number of unbranched alkanes of at least 4 members (excludes halogenated alkanes) is 1. The van der Waals surface area contributed by atoms with Gasteiger partial charge >= 0.3 is 0 Å². The van der Waals surface area contributed by atoms with Gasteiger partial charge in [-0.2, -0.15) is 0 Å². The zero-order valence-corrected chi connectivity index (χ0v) is 18.0. The van der Waals surface area contributed by atoms with E-state index in [9.17, 15) is 0 Å². The predicted molar refractivity (Wildman–Crippen MR) is 118 cm³/mol. The van der Waals surface area contributed by atoms with E-state index in [1.165, 1.54) is 18.5 Å². The van der Waals surface area contributed by atoms with Crippen molar-refractivity contribution in [1.82, 2.24) is 20.4 Å². The monoisotopic (exact) mass is 389 g/mol. The Morgan fingerprint density at radius 3 is 2.57 bits per heavy atom. The smallest absolute Gasteiger partial charge is 0.190 e. The Labute approximate surface area is 171 Å². The van der Waals surface area contributed by atoms with Gasteiger partial charge in [-0.05, 0) is 45.3 Å². The second-order valence-corrected chi connectivity index (χ2v) is 7.63. The van der Waals surface area contributed by atoms with E-state index in [-0.39, 0.29) is 0 Å². The number of nitrogens with zero attached hydrogens (tertiary/aromatic N) is 3. The molecule has 2 rings (SSSR count). The molecule has 1 unspecified atom stereocenters. The zero-order valence-electron chi connectivity index (χ0n) is 18.0. The van der Waals surface area contributed by atoms with Crippen molar-refractivity contribution in [2.75, 3.05) is 60.0 Å². The van der Waals surface area contributed by atoms with E-state index < -0.39 is 0 Å². The Bertz CT molecular complexity index is 545. The third-order valence-corrected chi connectivity index (χ3v) is 5.40. The Morgan fingerprint density at radius 2 is 1.86 bits per heavy atom. The fourth-order valence-corrected chi connectivity index (χ4v) is 3.36. The quantitative estimate of drug-likeness (QED) is 0.345. The topological polar surface area (TPSA) is 52.1 Å². The lowest BCUT2D eigenvalue weighted by Gasteiger charge is -2.26. The Balaban J connectivity index is 1.53. The first-order valence-electron chi connectivity index (χ1n) is 10.7. The fourth-order valence-electron chi connectivity index (χ4n) is 3.36. The first-order valence-corrected chi connectivity index (χ1v) is 10.7. The van der Waals surface area contributed by atoms with E-state index in [4.69, 9.17) is 4.74 Å². The van der Waals surface area contributed by atoms with Crippen LogP contribution in [0, 0.1) is 0 Å². The van der Waals surface area contributed by atoms with E-state index in [2.05, 4.69) is 69.7 Å². The molecule has 6 heteroatoms. The molecule has 1 aromatic rings. The maximum atomic E-state index is 5.39. The van der Waals surface area contributed by atoms with Crippen LogP contribution in [-0.2, 0) is 11.3 Å². The van der Waals surface area contributed by atoms with Crippen molar-refractivity contribution >= 4 is 5.96 Å². The molecule has 1 saturated heterocycles. The summed E-state index contributed by atoms with van der Waals surface area (Å²) in [5, 5.41) is 6.88. The third kappa shape index (κ3) is 9.04. The van der Waals surface area contributed by atoms with Crippen molar-refractivity contribution in [2.24, 2.45) is 4.99 Å². The van der Waals surface area contributed by atoms with Gasteiger partial charge in [0, 0.05) is 45.8 Å². The van der Waals surface area contributed by atoms with Crippen molar-refractivity contribution < 1.29 is 4.74 Å². The summed E-state index contributed by atoms with van der Waals surface area (Å²) >= 11 is 0. The average molecular weight is 390 g/mol. The molecule has 2 N–H and O–H groups in total. The number of ether oxygens (including phenoxy) is 1. The molecule has 0 spiro atoms. The minimum atomic E-state index is 0.513. The van der Waals surface area contributed by atoms with Crippen molar-refractivity contribution in [3.8, 4) is 0 Å². The Morgan fingerprint density at radius 1 is 1.14 bits per heavy atom. The van der Waals surface area contributed by atoms with Crippen molar-refractivity contribution in [1.29, 1.82) is 0 Å². The Hall–Kier alpha value is -1.63. The SMILES string of the molecule is CN=C(NCCCCN1CCOCC1)NCCC(C)N(C)Cc1ccccc1. The molecule has 6 nitrogen and oxygen atoms in total. The highest BCUT2D eigenvalue weighted by Crippen LogP contribution is 2.07. The summed E-state index contributed by atoms with van der Waals surface area (Å²) in [5.74, 6) is 0.907. The maximum Gasteiger partial charge on any atom is 0.190 e. The third-order valence-electron chi connectivity index (χ3n) is 5.40. The molecule has 28 heavy (non-hydrogen) atoms. The van der Waals surface area contributed by atoms with E-state index in [1.54, 1.807) is 0 Å². The van der Waals surface area contributed by atoms with Crippen LogP contribution in [0.1, 0.15) is 31.7 Å². The first kappa shape index (κ1) is 22.7. The Kier molecular flexibility index (Phi) is 10.9. The number of hydrogen-bond donors (Lipinski definition) is 2. The van der Waals surface area contributed by atoms with Gasteiger partial charge in [-0.1, -0.05) is 30.3 Å². The lowest BCUT2D eigenvalue weighted by atomic mass is 10.1. The molecule has 1 aliphatic rings. The number of aliphatic imine (C=N–C) groups is 1. The lowest BCUT2D eigenvalue weighted by Crippen LogP contribution is -2.40. The molecular formula is C22H39N5O. The minimum Gasteiger partial charge on any atom is -0.379 e. The summed E-state index contributed by atoms with van der Waals surface area (Å²) in [4.78, 5) is 9.23. The minimum absolute atomic E-state index is 0.513. The number of nitrogens with one attached hydrogen (secondary N) is 2. The van der Waals surface area contributed by atoms with Crippen molar-refractivity contribution in [3.63, 3.8) is 0 Å². The highest BCUT2D eigenvalue weighted by Gasteiger charge is 2.10. The molecule has 0 bridgehead atoms. The zero-order chi connectivity index (χ0) is 20.0. The molecule has 0 aromatic heterocycles. The molecule has 0 radical (unpaired) electrons. The predicted octanol–water partition coefficient (Wildman–Crippen LogP) is 2.17. The van der Waals surface area contributed by atoms with Gasteiger partial charge in [-0.15, -0.1) is 0 Å². The molecule has 0 aliphatic carbocycles. The molecule has 158 valence electrons. The molecule has 1 atom stereocenters. The van der Waals surface area contributed by atoms with Crippen molar-refractivity contribution in [3.05, 3.63) is 35.9 Å². The van der Waals surface area contributed by atoms with Gasteiger partial charge < -0.3 is 15.4 Å². The second kappa shape index (κ2) is 13.5. The second-order valence-electron chi connectivity index (χ2n) is 7.63. The standard InChI is InChI=1S/C22H39N5O/c1-20(26(3)19-21-9-5-4-6-10-21)11-13-25-22(23-2)24-12-7-8-14-27-15-17-28-18-16-27/h4-6,9-10,20H,7-8,11-19H2,1-3H3,(H2,23,24,25). The number of benzene rings is 1. The fraction of sp³-hybridized carbons (Fsp3) is 0.682. The number of rotatable bonds is 11. The van der Waals surface area contributed by atoms with Gasteiger partial charge in [0.05, 0.1) is 13.2 Å². The average Bonchev–Trinajstić information content (AvgIpc) is 2.73. The van der Waals surface area contributed by atoms with Gasteiger partial charge in [0.25, 0.3) is 0 Å². The van der Waals surface area contributed by atoms with Crippen LogP contribution in [0.5, 0.6) is 0 Å². The largest absolute Gasteiger partial charge is 0.379 e. The molecule has 1 fully saturated rings. The maximum absolute atomic E-state index is 5.39.